The summed E-state index contributed by atoms with van der Waals surface area (Å²) in [5, 5.41) is 21.4. The Morgan fingerprint density at radius 3 is 2.63 bits per heavy atom. The molecule has 2 heterocycles. The lowest BCUT2D eigenvalue weighted by Gasteiger charge is -2.22. The number of carboxylic acid groups (broad SMARTS) is 1. The molecule has 0 radical (unpaired) electrons. The third-order valence-corrected chi connectivity index (χ3v) is 7.13. The molecule has 158 valence electrons. The van der Waals surface area contributed by atoms with Gasteiger partial charge in [-0.25, -0.2) is 17.5 Å². The van der Waals surface area contributed by atoms with Crippen LogP contribution in [-0.2, 0) is 27.0 Å². The summed E-state index contributed by atoms with van der Waals surface area (Å²) in [7, 11) is -3.93. The zero-order chi connectivity index (χ0) is 21.7. The fourth-order valence-electron chi connectivity index (χ4n) is 3.75. The number of rotatable bonds is 5. The van der Waals surface area contributed by atoms with Gasteiger partial charge in [-0.3, -0.25) is 4.79 Å². The van der Waals surface area contributed by atoms with Gasteiger partial charge in [0.2, 0.25) is 15.8 Å². The molecule has 1 atom stereocenters. The van der Waals surface area contributed by atoms with Crippen LogP contribution in [0, 0.1) is 6.92 Å². The Bertz CT molecular complexity index is 1240. The highest BCUT2D eigenvalue weighted by atomic mass is 32.2. The Labute approximate surface area is 172 Å². The molecule has 3 aromatic rings. The minimum atomic E-state index is -3.93. The number of fused-ring (bicyclic) bond motifs is 1. The van der Waals surface area contributed by atoms with Crippen LogP contribution in [0.5, 0.6) is 5.75 Å². The summed E-state index contributed by atoms with van der Waals surface area (Å²) < 4.78 is 44.1. The molecule has 8 nitrogen and oxygen atoms in total. The van der Waals surface area contributed by atoms with Crippen molar-refractivity contribution in [2.24, 2.45) is 0 Å². The molecule has 1 saturated heterocycles. The van der Waals surface area contributed by atoms with E-state index in [2.05, 4.69) is 5.10 Å². The van der Waals surface area contributed by atoms with Crippen molar-refractivity contribution >= 4 is 26.9 Å². The summed E-state index contributed by atoms with van der Waals surface area (Å²) in [5.41, 5.74) is 1.53. The number of hydrogen-bond donors (Lipinski definition) is 1. The maximum absolute atomic E-state index is 16.0. The summed E-state index contributed by atoms with van der Waals surface area (Å²) in [5.74, 6) is -3.01. The van der Waals surface area contributed by atoms with Crippen molar-refractivity contribution in [3.63, 3.8) is 0 Å². The van der Waals surface area contributed by atoms with Crippen molar-refractivity contribution in [3.05, 3.63) is 53.7 Å². The third kappa shape index (κ3) is 3.41. The minimum Gasteiger partial charge on any atom is -0.593 e. The topological polar surface area (TPSA) is 115 Å². The van der Waals surface area contributed by atoms with Crippen LogP contribution in [0.2, 0.25) is 0 Å². The van der Waals surface area contributed by atoms with Crippen LogP contribution >= 0.6 is 0 Å². The van der Waals surface area contributed by atoms with Gasteiger partial charge >= 0.3 is 5.97 Å². The summed E-state index contributed by atoms with van der Waals surface area (Å²) in [6.07, 6.45) is -0.468. The van der Waals surface area contributed by atoms with Crippen molar-refractivity contribution < 1.29 is 27.8 Å². The largest absolute Gasteiger partial charge is 0.593 e. The van der Waals surface area contributed by atoms with E-state index in [0.717, 1.165) is 14.6 Å². The zero-order valence-corrected chi connectivity index (χ0v) is 17.0. The van der Waals surface area contributed by atoms with Gasteiger partial charge in [-0.05, 0) is 30.7 Å². The fourth-order valence-corrected chi connectivity index (χ4v) is 5.22. The molecule has 1 fully saturated rings. The molecule has 3 N–H and O–H groups in total. The average molecular weight is 434 g/mol. The van der Waals surface area contributed by atoms with Gasteiger partial charge in [0.15, 0.2) is 0 Å². The summed E-state index contributed by atoms with van der Waals surface area (Å²) >= 11 is 0. The number of aryl methyl sites for hydroxylation is 1. The second-order valence-electron chi connectivity index (χ2n) is 7.48. The molecule has 0 saturated carbocycles. The Morgan fingerprint density at radius 1 is 1.27 bits per heavy atom. The lowest BCUT2D eigenvalue weighted by molar-refractivity contribution is -0.136. The number of nitrogens with zero attached hydrogens (tertiary/aromatic N) is 3. The summed E-state index contributed by atoms with van der Waals surface area (Å²) in [4.78, 5) is 11.2. The predicted octanol–water partition coefficient (Wildman–Crippen LogP) is 2.13. The third-order valence-electron chi connectivity index (χ3n) is 5.27. The molecule has 10 heteroatoms. The van der Waals surface area contributed by atoms with E-state index in [1.54, 1.807) is 18.2 Å². The molecule has 0 spiro atoms. The number of benzene rings is 2. The first kappa shape index (κ1) is 20.3. The van der Waals surface area contributed by atoms with Gasteiger partial charge in [-0.15, -0.1) is 0 Å². The molecule has 0 bridgehead atoms. The van der Waals surface area contributed by atoms with Crippen LogP contribution < -0.4 is 0 Å². The van der Waals surface area contributed by atoms with Gasteiger partial charge in [0.25, 0.3) is 5.75 Å². The molecule has 0 unspecified atom stereocenters. The van der Waals surface area contributed by atoms with Gasteiger partial charge < -0.3 is 10.2 Å². The molecule has 1 aliphatic heterocycles. The van der Waals surface area contributed by atoms with E-state index < -0.39 is 28.3 Å². The van der Waals surface area contributed by atoms with Crippen LogP contribution in [0.15, 0.2) is 47.4 Å². The van der Waals surface area contributed by atoms with Crippen LogP contribution in [0.3, 0.4) is 0 Å². The van der Waals surface area contributed by atoms with Crippen molar-refractivity contribution in [1.82, 2.24) is 14.1 Å². The van der Waals surface area contributed by atoms with Gasteiger partial charge in [-0.2, -0.15) is 9.40 Å². The Balaban J connectivity index is 1.73. The molecule has 4 rings (SSSR count). The molecule has 0 aliphatic carbocycles. The summed E-state index contributed by atoms with van der Waals surface area (Å²) in [6, 6.07) is 10.6. The Morgan fingerprint density at radius 2 is 1.97 bits per heavy atom. The van der Waals surface area contributed by atoms with Crippen molar-refractivity contribution in [2.45, 2.75) is 30.5 Å². The number of aromatic nitrogens is 2. The number of hydrogen-bond acceptors (Lipinski definition) is 4. The lowest BCUT2D eigenvalue weighted by atomic mass is 10.1. The van der Waals surface area contributed by atoms with E-state index in [-0.39, 0.29) is 35.7 Å². The first-order chi connectivity index (χ1) is 14.1. The van der Waals surface area contributed by atoms with E-state index in [1.807, 2.05) is 6.92 Å². The number of sulfonamides is 1. The normalized spacial score (nSPS) is 20.1. The second-order valence-corrected chi connectivity index (χ2v) is 9.42. The van der Waals surface area contributed by atoms with Crippen LogP contribution in [0.25, 0.3) is 10.9 Å². The number of aliphatic carboxylic acids is 1. The Kier molecular flexibility index (Phi) is 4.78. The summed E-state index contributed by atoms with van der Waals surface area (Å²) in [6.45, 7) is 1.36. The van der Waals surface area contributed by atoms with Gasteiger partial charge in [0, 0.05) is 30.5 Å². The van der Waals surface area contributed by atoms with Crippen LogP contribution in [-0.4, -0.2) is 51.8 Å². The lowest BCUT2D eigenvalue weighted by Crippen LogP contribution is -2.36. The smallest absolute Gasteiger partial charge is 0.309 e. The van der Waals surface area contributed by atoms with Gasteiger partial charge in [-0.1, -0.05) is 12.1 Å². The first-order valence-corrected chi connectivity index (χ1v) is 10.8. The zero-order valence-electron chi connectivity index (χ0n) is 16.2. The predicted molar refractivity (Wildman–Crippen MR) is 108 cm³/mol. The number of carboxylic acids is 1. The van der Waals surface area contributed by atoms with Crippen LogP contribution in [0.4, 0.5) is 4.39 Å². The molecule has 0 amide bonds. The van der Waals surface area contributed by atoms with E-state index in [0.29, 0.717) is 10.9 Å². The van der Waals surface area contributed by atoms with E-state index in [4.69, 9.17) is 5.11 Å². The van der Waals surface area contributed by atoms with E-state index in [1.165, 1.54) is 24.3 Å². The molecular formula is C20H21FN3O5S+. The van der Waals surface area contributed by atoms with Crippen molar-refractivity contribution in [1.29, 1.82) is 0 Å². The number of carbonyl (C=O) groups is 1. The molecule has 1 aromatic heterocycles. The highest BCUT2D eigenvalue weighted by Gasteiger charge is 2.46. The molecule has 2 aromatic carbocycles. The Hall–Kier alpha value is -2.98. The fraction of sp³-hybridized carbons (Fsp3) is 0.300. The average Bonchev–Trinajstić information content (AvgIpc) is 3.24. The molecular weight excluding hydrogens is 413 g/mol. The van der Waals surface area contributed by atoms with Crippen molar-refractivity contribution in [3.8, 4) is 5.75 Å². The highest BCUT2D eigenvalue weighted by Crippen LogP contribution is 2.37. The van der Waals surface area contributed by atoms with E-state index in [9.17, 15) is 18.3 Å². The standard InChI is InChI=1S/C20H20FN3O5S/c1-13-2-7-16-17(11-19(26)27)22-24(18(16)10-13)20(21)8-9-23(12-20)30(28,29)15-5-3-14(25)4-6-15/h2-7,10,25H,8-9,11-12H2,1H3,(H,26,27)/p+1/t20-/m1/s1. The first-order valence-electron chi connectivity index (χ1n) is 9.31. The SMILES string of the molecule is Cc1ccc2c(CC(=O)O)nn([C@]3(F)CCN(S(=O)(=O)c4ccc([OH2+])cc4)C3)c2c1. The molecule has 30 heavy (non-hydrogen) atoms. The number of halogens is 1. The number of alkyl halides is 1. The monoisotopic (exact) mass is 434 g/mol. The minimum absolute atomic E-state index is 0.00418. The van der Waals surface area contributed by atoms with Crippen molar-refractivity contribution in [2.75, 3.05) is 13.1 Å². The molecule has 1 aliphatic rings. The van der Waals surface area contributed by atoms with Gasteiger partial charge in [0.1, 0.15) is 0 Å². The quantitative estimate of drug-likeness (QED) is 0.618. The maximum atomic E-state index is 16.0. The highest BCUT2D eigenvalue weighted by molar-refractivity contribution is 7.89. The maximum Gasteiger partial charge on any atom is 0.309 e. The van der Waals surface area contributed by atoms with Crippen LogP contribution in [0.1, 0.15) is 17.7 Å². The van der Waals surface area contributed by atoms with Gasteiger partial charge in [0.05, 0.1) is 29.1 Å². The van der Waals surface area contributed by atoms with E-state index >= 15 is 4.39 Å². The second kappa shape index (κ2) is 7.06.